The average molecular weight is 426 g/mol. The number of carbonyl (C=O) groups is 1. The molecule has 30 heavy (non-hydrogen) atoms. The van der Waals surface area contributed by atoms with Gasteiger partial charge in [0.05, 0.1) is 30.0 Å². The standard InChI is InChI=1S/C20H18N4O5S/c1-11-9-21-16(12(2)18(11)27-3)10-30(26)20-23-14-5-4-13(8-15(14)24-20)28-19(25)17-6-7-22-29-17/h4-9H,10H2,1-3H3,(H,23,24). The smallest absolute Gasteiger partial charge is 0.382 e. The Morgan fingerprint density at radius 1 is 1.30 bits per heavy atom. The summed E-state index contributed by atoms with van der Waals surface area (Å²) in [5, 5.41) is 3.78. The van der Waals surface area contributed by atoms with Gasteiger partial charge in [-0.25, -0.2) is 4.79 Å². The van der Waals surface area contributed by atoms with Gasteiger partial charge in [0.2, 0.25) is 5.76 Å². The summed E-state index contributed by atoms with van der Waals surface area (Å²) in [5.41, 5.74) is 3.64. The zero-order chi connectivity index (χ0) is 21.3. The predicted octanol–water partition coefficient (Wildman–Crippen LogP) is 3.10. The molecule has 0 aliphatic heterocycles. The molecule has 0 fully saturated rings. The van der Waals surface area contributed by atoms with Crippen molar-refractivity contribution in [3.8, 4) is 11.5 Å². The fourth-order valence-electron chi connectivity index (χ4n) is 3.02. The van der Waals surface area contributed by atoms with Gasteiger partial charge in [-0.2, -0.15) is 4.98 Å². The molecule has 0 bridgehead atoms. The number of carbonyl (C=O) groups excluding carboxylic acids is 1. The molecule has 3 heterocycles. The molecule has 1 atom stereocenters. The summed E-state index contributed by atoms with van der Waals surface area (Å²) in [5.74, 6) is 0.542. The number of rotatable bonds is 6. The molecule has 1 aromatic carbocycles. The number of esters is 1. The van der Waals surface area contributed by atoms with Crippen molar-refractivity contribution in [2.24, 2.45) is 0 Å². The Balaban J connectivity index is 1.54. The number of nitrogens with zero attached hydrogens (tertiary/aromatic N) is 3. The lowest BCUT2D eigenvalue weighted by molar-refractivity contribution is 0.0691. The molecule has 1 unspecified atom stereocenters. The zero-order valence-electron chi connectivity index (χ0n) is 16.5. The number of ether oxygens (including phenoxy) is 2. The van der Waals surface area contributed by atoms with Crippen LogP contribution in [0, 0.1) is 13.8 Å². The third-order valence-electron chi connectivity index (χ3n) is 4.52. The van der Waals surface area contributed by atoms with Crippen molar-refractivity contribution in [3.05, 3.63) is 59.2 Å². The Morgan fingerprint density at radius 3 is 2.87 bits per heavy atom. The molecule has 9 nitrogen and oxygen atoms in total. The fraction of sp³-hybridized carbons (Fsp3) is 0.200. The highest BCUT2D eigenvalue weighted by atomic mass is 32.2. The summed E-state index contributed by atoms with van der Waals surface area (Å²) >= 11 is -1.45. The first-order valence-electron chi connectivity index (χ1n) is 8.96. The average Bonchev–Trinajstić information content (AvgIpc) is 3.40. The number of nitrogens with one attached hydrogen (secondary N) is 1. The molecule has 154 valence electrons. The minimum atomic E-state index is -1.45. The lowest BCUT2D eigenvalue weighted by Gasteiger charge is -2.13. The number of aromatic nitrogens is 4. The molecule has 0 spiro atoms. The van der Waals surface area contributed by atoms with E-state index in [2.05, 4.69) is 20.1 Å². The third kappa shape index (κ3) is 3.87. The van der Waals surface area contributed by atoms with Crippen molar-refractivity contribution in [1.82, 2.24) is 20.1 Å². The largest absolute Gasteiger partial charge is 0.609 e. The van der Waals surface area contributed by atoms with Gasteiger partial charge in [-0.1, -0.05) is 5.16 Å². The Morgan fingerprint density at radius 2 is 2.13 bits per heavy atom. The monoisotopic (exact) mass is 426 g/mol. The van der Waals surface area contributed by atoms with Gasteiger partial charge in [0.1, 0.15) is 11.5 Å². The first-order chi connectivity index (χ1) is 14.5. The van der Waals surface area contributed by atoms with E-state index in [0.717, 1.165) is 16.9 Å². The lowest BCUT2D eigenvalue weighted by atomic mass is 10.1. The molecule has 0 saturated carbocycles. The van der Waals surface area contributed by atoms with Gasteiger partial charge in [-0.3, -0.25) is 9.97 Å². The maximum absolute atomic E-state index is 12.9. The van der Waals surface area contributed by atoms with E-state index in [1.54, 1.807) is 31.5 Å². The number of pyridine rings is 1. The first kappa shape index (κ1) is 19.9. The maximum Gasteiger partial charge on any atom is 0.382 e. The highest BCUT2D eigenvalue weighted by Crippen LogP contribution is 2.27. The van der Waals surface area contributed by atoms with Crippen LogP contribution in [0.15, 0.2) is 46.3 Å². The van der Waals surface area contributed by atoms with Gasteiger partial charge >= 0.3 is 11.1 Å². The van der Waals surface area contributed by atoms with Crippen LogP contribution in [0.2, 0.25) is 0 Å². The highest BCUT2D eigenvalue weighted by Gasteiger charge is 2.21. The van der Waals surface area contributed by atoms with Crippen LogP contribution in [-0.4, -0.2) is 37.7 Å². The number of hydrogen-bond acceptors (Lipinski definition) is 8. The van der Waals surface area contributed by atoms with Crippen LogP contribution >= 0.6 is 0 Å². The van der Waals surface area contributed by atoms with Crippen molar-refractivity contribution in [2.45, 2.75) is 24.8 Å². The second kappa shape index (κ2) is 8.17. The van der Waals surface area contributed by atoms with E-state index in [1.807, 2.05) is 13.8 Å². The number of benzene rings is 1. The summed E-state index contributed by atoms with van der Waals surface area (Å²) in [7, 11) is 1.60. The Labute approximate surface area is 174 Å². The molecule has 4 aromatic rings. The molecule has 0 aliphatic rings. The predicted molar refractivity (Wildman–Crippen MR) is 108 cm³/mol. The number of methoxy groups -OCH3 is 1. The van der Waals surface area contributed by atoms with Crippen molar-refractivity contribution in [1.29, 1.82) is 0 Å². The molecule has 4 rings (SSSR count). The van der Waals surface area contributed by atoms with Gasteiger partial charge < -0.3 is 18.5 Å². The van der Waals surface area contributed by atoms with Gasteiger partial charge in [0, 0.05) is 40.6 Å². The summed E-state index contributed by atoms with van der Waals surface area (Å²) in [6, 6.07) is 6.30. The normalized spacial score (nSPS) is 12.1. The van der Waals surface area contributed by atoms with Crippen molar-refractivity contribution < 1.29 is 23.3 Å². The van der Waals surface area contributed by atoms with Gasteiger partial charge in [-0.15, -0.1) is 0 Å². The van der Waals surface area contributed by atoms with Crippen LogP contribution in [0.5, 0.6) is 11.5 Å². The number of H-pyrrole nitrogens is 1. The Bertz CT molecular complexity index is 1210. The highest BCUT2D eigenvalue weighted by molar-refractivity contribution is 7.90. The van der Waals surface area contributed by atoms with Gasteiger partial charge in [0.15, 0.2) is 5.75 Å². The van der Waals surface area contributed by atoms with E-state index in [4.69, 9.17) is 14.0 Å². The number of fused-ring (bicyclic) bond motifs is 1. The summed E-state index contributed by atoms with van der Waals surface area (Å²) in [6.07, 6.45) is 3.06. The number of aryl methyl sites for hydroxylation is 1. The fourth-order valence-corrected chi connectivity index (χ4v) is 4.12. The molecule has 1 N–H and O–H groups in total. The molecular weight excluding hydrogens is 408 g/mol. The molecule has 0 saturated heterocycles. The minimum absolute atomic E-state index is 0.00434. The Kier molecular flexibility index (Phi) is 5.42. The third-order valence-corrected chi connectivity index (χ3v) is 5.68. The van der Waals surface area contributed by atoms with Crippen molar-refractivity contribution in [3.63, 3.8) is 0 Å². The van der Waals surface area contributed by atoms with Crippen LogP contribution in [0.1, 0.15) is 27.4 Å². The van der Waals surface area contributed by atoms with Crippen LogP contribution in [0.4, 0.5) is 0 Å². The van der Waals surface area contributed by atoms with Crippen molar-refractivity contribution in [2.75, 3.05) is 7.11 Å². The van der Waals surface area contributed by atoms with Crippen LogP contribution in [0.25, 0.3) is 11.0 Å². The van der Waals surface area contributed by atoms with E-state index in [-0.39, 0.29) is 17.3 Å². The quantitative estimate of drug-likeness (QED) is 0.283. The maximum atomic E-state index is 12.9. The van der Waals surface area contributed by atoms with Gasteiger partial charge in [-0.05, 0) is 26.0 Å². The van der Waals surface area contributed by atoms with Crippen LogP contribution < -0.4 is 9.47 Å². The van der Waals surface area contributed by atoms with Gasteiger partial charge in [0.25, 0.3) is 0 Å². The number of aromatic amines is 1. The topological polar surface area (TPSA) is 126 Å². The molecule has 0 aliphatic carbocycles. The van der Waals surface area contributed by atoms with Crippen LogP contribution in [0.3, 0.4) is 0 Å². The second-order valence-electron chi connectivity index (χ2n) is 6.52. The van der Waals surface area contributed by atoms with E-state index < -0.39 is 17.1 Å². The Hall–Kier alpha value is -3.37. The van der Waals surface area contributed by atoms with E-state index in [9.17, 15) is 9.35 Å². The SMILES string of the molecule is COc1c(C)cnc(C[S+]([O-])c2nc3cc(OC(=O)c4ccno4)ccc3[nH]2)c1C. The number of imidazole rings is 1. The van der Waals surface area contributed by atoms with Crippen LogP contribution in [-0.2, 0) is 16.9 Å². The summed E-state index contributed by atoms with van der Waals surface area (Å²) in [4.78, 5) is 23.8. The lowest BCUT2D eigenvalue weighted by Crippen LogP contribution is -2.10. The molecule has 10 heteroatoms. The first-order valence-corrected chi connectivity index (χ1v) is 10.3. The molecular formula is C20H18N4O5S. The molecule has 3 aromatic heterocycles. The van der Waals surface area contributed by atoms with E-state index in [0.29, 0.717) is 21.9 Å². The second-order valence-corrected chi connectivity index (χ2v) is 7.89. The van der Waals surface area contributed by atoms with E-state index >= 15 is 0 Å². The minimum Gasteiger partial charge on any atom is -0.609 e. The van der Waals surface area contributed by atoms with Crippen molar-refractivity contribution >= 4 is 28.2 Å². The van der Waals surface area contributed by atoms with E-state index in [1.165, 1.54) is 12.3 Å². The molecule has 0 amide bonds. The summed E-state index contributed by atoms with van der Waals surface area (Å²) in [6.45, 7) is 3.80. The summed E-state index contributed by atoms with van der Waals surface area (Å²) < 4.78 is 28.3. The zero-order valence-corrected chi connectivity index (χ0v) is 17.3. The molecule has 0 radical (unpaired) electrons. The number of hydrogen-bond donors (Lipinski definition) is 1.